The molecular weight excluding hydrogens is 332 g/mol. The molecule has 0 atom stereocenters. The van der Waals surface area contributed by atoms with E-state index in [1.165, 1.54) is 10.8 Å². The highest BCUT2D eigenvalue weighted by atomic mass is 32.2. The Balaban J connectivity index is 0.000000798. The van der Waals surface area contributed by atoms with Gasteiger partial charge in [0.15, 0.2) is 0 Å². The molecule has 0 aliphatic rings. The third-order valence-corrected chi connectivity index (χ3v) is 4.33. The van der Waals surface area contributed by atoms with Gasteiger partial charge in [-0.3, -0.25) is 0 Å². The molecule has 3 rings (SSSR count). The van der Waals surface area contributed by atoms with E-state index in [1.807, 2.05) is 66.2 Å². The predicted octanol–water partition coefficient (Wildman–Crippen LogP) is 7.31. The average Bonchev–Trinajstić information content (AvgIpc) is 2.69. The standard InChI is InChI=1S/C14H12N2S2.3C2H6/c1-17-13-14(18-2)16-12-8-10-6-4-3-5-9(10)7-11(12)15-13;3*1-2/h3-8H,1-2H3;3*1-2H3. The second-order valence-electron chi connectivity index (χ2n) is 3.93. The molecule has 0 radical (unpaired) electrons. The minimum Gasteiger partial charge on any atom is -0.237 e. The maximum Gasteiger partial charge on any atom is 0.129 e. The lowest BCUT2D eigenvalue weighted by Crippen LogP contribution is -1.91. The van der Waals surface area contributed by atoms with Gasteiger partial charge in [-0.25, -0.2) is 9.97 Å². The van der Waals surface area contributed by atoms with Crippen LogP contribution in [0.2, 0.25) is 0 Å². The minimum atomic E-state index is 0.968. The van der Waals surface area contributed by atoms with E-state index in [0.29, 0.717) is 0 Å². The van der Waals surface area contributed by atoms with Crippen LogP contribution < -0.4 is 0 Å². The third kappa shape index (κ3) is 5.67. The van der Waals surface area contributed by atoms with Crippen molar-refractivity contribution in [2.45, 2.75) is 51.6 Å². The van der Waals surface area contributed by atoms with E-state index < -0.39 is 0 Å². The van der Waals surface area contributed by atoms with Crippen LogP contribution in [-0.2, 0) is 0 Å². The maximum atomic E-state index is 4.69. The largest absolute Gasteiger partial charge is 0.237 e. The van der Waals surface area contributed by atoms with E-state index in [1.54, 1.807) is 23.5 Å². The van der Waals surface area contributed by atoms with Crippen LogP contribution in [0.3, 0.4) is 0 Å². The summed E-state index contributed by atoms with van der Waals surface area (Å²) in [4.78, 5) is 9.39. The van der Waals surface area contributed by atoms with Gasteiger partial charge < -0.3 is 0 Å². The summed E-state index contributed by atoms with van der Waals surface area (Å²) in [6.07, 6.45) is 4.08. The van der Waals surface area contributed by atoms with E-state index in [0.717, 1.165) is 21.1 Å². The lowest BCUT2D eigenvalue weighted by molar-refractivity contribution is 0.975. The van der Waals surface area contributed by atoms with Crippen LogP contribution >= 0.6 is 23.5 Å². The number of hydrogen-bond acceptors (Lipinski definition) is 4. The molecule has 0 aliphatic heterocycles. The molecule has 0 saturated carbocycles. The number of fused-ring (bicyclic) bond motifs is 2. The summed E-state index contributed by atoms with van der Waals surface area (Å²) in [5.74, 6) is 0. The molecule has 0 bridgehead atoms. The molecule has 0 amide bonds. The fourth-order valence-corrected chi connectivity index (χ4v) is 3.30. The van der Waals surface area contributed by atoms with E-state index in [-0.39, 0.29) is 0 Å². The highest BCUT2D eigenvalue weighted by Crippen LogP contribution is 2.28. The summed E-state index contributed by atoms with van der Waals surface area (Å²) >= 11 is 3.29. The summed E-state index contributed by atoms with van der Waals surface area (Å²) in [5, 5.41) is 4.43. The van der Waals surface area contributed by atoms with E-state index in [2.05, 4.69) is 24.3 Å². The van der Waals surface area contributed by atoms with Gasteiger partial charge in [-0.1, -0.05) is 65.8 Å². The van der Waals surface area contributed by atoms with Gasteiger partial charge in [0.25, 0.3) is 0 Å². The van der Waals surface area contributed by atoms with Crippen molar-refractivity contribution >= 4 is 45.3 Å². The summed E-state index contributed by atoms with van der Waals surface area (Å²) < 4.78 is 0. The van der Waals surface area contributed by atoms with Gasteiger partial charge in [0.2, 0.25) is 0 Å². The number of aromatic nitrogens is 2. The Hall–Kier alpha value is -1.26. The minimum absolute atomic E-state index is 0.968. The topological polar surface area (TPSA) is 25.8 Å². The predicted molar refractivity (Wildman–Crippen MR) is 115 cm³/mol. The Morgan fingerprint density at radius 3 is 1.25 bits per heavy atom. The zero-order chi connectivity index (χ0) is 18.5. The van der Waals surface area contributed by atoms with Gasteiger partial charge in [0.05, 0.1) is 11.0 Å². The molecule has 3 aromatic rings. The summed E-state index contributed by atoms with van der Waals surface area (Å²) in [6, 6.07) is 12.5. The van der Waals surface area contributed by atoms with Gasteiger partial charge in [-0.05, 0) is 35.4 Å². The molecule has 0 unspecified atom stereocenters. The zero-order valence-corrected chi connectivity index (χ0v) is 17.8. The number of nitrogens with zero attached hydrogens (tertiary/aromatic N) is 2. The van der Waals surface area contributed by atoms with Crippen molar-refractivity contribution in [1.29, 1.82) is 0 Å². The molecule has 1 aromatic heterocycles. The summed E-state index contributed by atoms with van der Waals surface area (Å²) in [5.41, 5.74) is 1.94. The van der Waals surface area contributed by atoms with Crippen molar-refractivity contribution in [2.24, 2.45) is 0 Å². The number of thioether (sulfide) groups is 2. The smallest absolute Gasteiger partial charge is 0.129 e. The summed E-state index contributed by atoms with van der Waals surface area (Å²) in [6.45, 7) is 12.0. The van der Waals surface area contributed by atoms with Gasteiger partial charge in [0, 0.05) is 0 Å². The Bertz CT molecular complexity index is 665. The summed E-state index contributed by atoms with van der Waals surface area (Å²) in [7, 11) is 0. The Kier molecular flexibility index (Phi) is 12.4. The molecule has 132 valence electrons. The van der Waals surface area contributed by atoms with Crippen molar-refractivity contribution in [3.63, 3.8) is 0 Å². The maximum absolute atomic E-state index is 4.69. The van der Waals surface area contributed by atoms with E-state index in [9.17, 15) is 0 Å². The molecule has 4 heteroatoms. The Morgan fingerprint density at radius 2 is 0.958 bits per heavy atom. The van der Waals surface area contributed by atoms with Crippen molar-refractivity contribution in [1.82, 2.24) is 9.97 Å². The second kappa shape index (κ2) is 13.1. The molecule has 0 fully saturated rings. The van der Waals surface area contributed by atoms with Crippen LogP contribution in [0.5, 0.6) is 0 Å². The van der Waals surface area contributed by atoms with Crippen molar-refractivity contribution in [2.75, 3.05) is 12.5 Å². The molecule has 0 aliphatic carbocycles. The van der Waals surface area contributed by atoms with Crippen LogP contribution in [0.1, 0.15) is 41.5 Å². The molecule has 1 heterocycles. The first kappa shape index (κ1) is 22.7. The molecule has 0 spiro atoms. The van der Waals surface area contributed by atoms with Crippen LogP contribution in [0, 0.1) is 0 Å². The monoisotopic (exact) mass is 362 g/mol. The molecule has 2 nitrogen and oxygen atoms in total. The number of hydrogen-bond donors (Lipinski definition) is 0. The Morgan fingerprint density at radius 1 is 0.625 bits per heavy atom. The van der Waals surface area contributed by atoms with Crippen molar-refractivity contribution in [3.8, 4) is 0 Å². The highest BCUT2D eigenvalue weighted by Gasteiger charge is 2.07. The zero-order valence-electron chi connectivity index (χ0n) is 16.2. The average molecular weight is 363 g/mol. The molecular formula is C20H30N2S2. The first-order chi connectivity index (χ1) is 11.8. The van der Waals surface area contributed by atoms with Crippen LogP contribution in [0.15, 0.2) is 46.5 Å². The highest BCUT2D eigenvalue weighted by molar-refractivity contribution is 8.01. The molecule has 24 heavy (non-hydrogen) atoms. The van der Waals surface area contributed by atoms with Crippen LogP contribution in [-0.4, -0.2) is 22.5 Å². The lowest BCUT2D eigenvalue weighted by atomic mass is 10.1. The number of rotatable bonds is 2. The SMILES string of the molecule is CC.CC.CC.CSc1nc2cc3ccccc3cc2nc1SC. The molecule has 0 N–H and O–H groups in total. The lowest BCUT2D eigenvalue weighted by Gasteiger charge is -2.06. The van der Waals surface area contributed by atoms with E-state index in [4.69, 9.17) is 9.97 Å². The van der Waals surface area contributed by atoms with Crippen LogP contribution in [0.4, 0.5) is 0 Å². The van der Waals surface area contributed by atoms with Crippen molar-refractivity contribution in [3.05, 3.63) is 36.4 Å². The second-order valence-corrected chi connectivity index (χ2v) is 5.52. The van der Waals surface area contributed by atoms with Gasteiger partial charge >= 0.3 is 0 Å². The van der Waals surface area contributed by atoms with Crippen LogP contribution in [0.25, 0.3) is 21.8 Å². The van der Waals surface area contributed by atoms with Crippen molar-refractivity contribution < 1.29 is 0 Å². The Labute approximate surface area is 155 Å². The first-order valence-corrected chi connectivity index (χ1v) is 11.1. The fraction of sp³-hybridized carbons (Fsp3) is 0.400. The number of benzene rings is 2. The van der Waals surface area contributed by atoms with Gasteiger partial charge in [-0.2, -0.15) is 0 Å². The van der Waals surface area contributed by atoms with Gasteiger partial charge in [-0.15, -0.1) is 23.5 Å². The van der Waals surface area contributed by atoms with Gasteiger partial charge in [0.1, 0.15) is 10.1 Å². The fourth-order valence-electron chi connectivity index (χ4n) is 1.98. The first-order valence-electron chi connectivity index (χ1n) is 8.60. The van der Waals surface area contributed by atoms with E-state index >= 15 is 0 Å². The quantitative estimate of drug-likeness (QED) is 0.352. The molecule has 2 aromatic carbocycles. The third-order valence-electron chi connectivity index (χ3n) is 2.86. The molecule has 0 saturated heterocycles. The normalized spacial score (nSPS) is 9.17.